The van der Waals surface area contributed by atoms with Crippen molar-refractivity contribution in [3.8, 4) is 11.5 Å². The average molecular weight is 454 g/mol. The van der Waals surface area contributed by atoms with Crippen molar-refractivity contribution in [3.63, 3.8) is 0 Å². The second kappa shape index (κ2) is 9.44. The Morgan fingerprint density at radius 1 is 1.12 bits per heavy atom. The van der Waals surface area contributed by atoms with Crippen molar-refractivity contribution in [3.05, 3.63) is 47.5 Å². The van der Waals surface area contributed by atoms with Gasteiger partial charge in [0.15, 0.2) is 16.6 Å². The zero-order valence-electron chi connectivity index (χ0n) is 18.2. The Balaban J connectivity index is 1.34. The number of aromatic nitrogens is 1. The molecule has 3 aromatic rings. The molecule has 3 heterocycles. The predicted molar refractivity (Wildman–Crippen MR) is 125 cm³/mol. The number of aryl methyl sites for hydroxylation is 1. The van der Waals surface area contributed by atoms with Gasteiger partial charge in [-0.1, -0.05) is 23.5 Å². The number of carbonyl (C=O) groups excluding carboxylic acids is 1. The molecule has 0 radical (unpaired) electrons. The summed E-state index contributed by atoms with van der Waals surface area (Å²) in [5.41, 5.74) is 3.04. The summed E-state index contributed by atoms with van der Waals surface area (Å²) in [6.45, 7) is 7.35. The molecule has 168 valence electrons. The summed E-state index contributed by atoms with van der Waals surface area (Å²) in [6, 6.07) is 11.9. The lowest BCUT2D eigenvalue weighted by Crippen LogP contribution is -2.39. The molecule has 0 N–H and O–H groups in total. The first-order valence-corrected chi connectivity index (χ1v) is 11.8. The van der Waals surface area contributed by atoms with Gasteiger partial charge in [0.1, 0.15) is 0 Å². The van der Waals surface area contributed by atoms with E-state index in [1.54, 1.807) is 11.3 Å². The molecule has 1 fully saturated rings. The van der Waals surface area contributed by atoms with Crippen LogP contribution < -0.4 is 14.4 Å². The number of benzene rings is 2. The number of hydrogen-bond acceptors (Lipinski definition) is 7. The van der Waals surface area contributed by atoms with E-state index >= 15 is 0 Å². The van der Waals surface area contributed by atoms with E-state index in [-0.39, 0.29) is 12.7 Å². The molecule has 5 rings (SSSR count). The van der Waals surface area contributed by atoms with Gasteiger partial charge in [-0.25, -0.2) is 4.98 Å². The fourth-order valence-electron chi connectivity index (χ4n) is 4.06. The highest BCUT2D eigenvalue weighted by Gasteiger charge is 2.22. The molecule has 2 aromatic carbocycles. The average Bonchev–Trinajstić information content (AvgIpc) is 3.43. The fourth-order valence-corrected chi connectivity index (χ4v) is 5.17. The molecule has 0 unspecified atom stereocenters. The molecule has 0 saturated carbocycles. The third-order valence-corrected chi connectivity index (χ3v) is 6.86. The van der Waals surface area contributed by atoms with Gasteiger partial charge < -0.3 is 14.2 Å². The summed E-state index contributed by atoms with van der Waals surface area (Å²) in [6.07, 6.45) is 1.19. The minimum atomic E-state index is 0.0432. The molecule has 0 bridgehead atoms. The van der Waals surface area contributed by atoms with Crippen molar-refractivity contribution in [1.29, 1.82) is 0 Å². The topological polar surface area (TPSA) is 64.1 Å². The molecule has 2 aliphatic heterocycles. The van der Waals surface area contributed by atoms with Crippen molar-refractivity contribution >= 4 is 32.6 Å². The maximum atomic E-state index is 13.4. The fraction of sp³-hybridized carbons (Fsp3) is 0.417. The summed E-state index contributed by atoms with van der Waals surface area (Å²) in [4.78, 5) is 22.5. The molecular formula is C24H27N3O4S. The monoisotopic (exact) mass is 453 g/mol. The Morgan fingerprint density at radius 2 is 1.97 bits per heavy atom. The lowest BCUT2D eigenvalue weighted by Gasteiger charge is -2.27. The number of carbonyl (C=O) groups is 1. The highest BCUT2D eigenvalue weighted by molar-refractivity contribution is 7.22. The van der Waals surface area contributed by atoms with Gasteiger partial charge in [0.2, 0.25) is 12.7 Å². The lowest BCUT2D eigenvalue weighted by atomic mass is 10.1. The number of anilines is 1. The van der Waals surface area contributed by atoms with E-state index in [0.717, 1.165) is 65.9 Å². The quantitative estimate of drug-likeness (QED) is 0.544. The summed E-state index contributed by atoms with van der Waals surface area (Å²) >= 11 is 1.58. The van der Waals surface area contributed by atoms with Crippen molar-refractivity contribution in [2.24, 2.45) is 0 Å². The molecule has 0 atom stereocenters. The Morgan fingerprint density at radius 3 is 2.84 bits per heavy atom. The van der Waals surface area contributed by atoms with Crippen molar-refractivity contribution in [2.45, 2.75) is 19.8 Å². The third-order valence-electron chi connectivity index (χ3n) is 5.82. The molecule has 1 amide bonds. The normalized spacial score (nSPS) is 15.9. The van der Waals surface area contributed by atoms with Crippen molar-refractivity contribution < 1.29 is 19.0 Å². The standard InChI is InChI=1S/C24H27N3O4S/c1-17-3-5-19-22(13-17)32-24(25-19)27(8-2-7-26-9-11-29-12-10-26)23(28)15-18-4-6-20-21(14-18)31-16-30-20/h3-6,13-14H,2,7-12,15-16H2,1H3. The Kier molecular flexibility index (Phi) is 6.25. The summed E-state index contributed by atoms with van der Waals surface area (Å²) in [5.74, 6) is 1.47. The van der Waals surface area contributed by atoms with Crippen molar-refractivity contribution in [1.82, 2.24) is 9.88 Å². The number of rotatable bonds is 7. The van der Waals surface area contributed by atoms with Crippen LogP contribution in [0.1, 0.15) is 17.5 Å². The van der Waals surface area contributed by atoms with Crippen molar-refractivity contribution in [2.75, 3.05) is 51.1 Å². The van der Waals surface area contributed by atoms with Gasteiger partial charge in [-0.15, -0.1) is 0 Å². The van der Waals surface area contributed by atoms with Gasteiger partial charge in [0, 0.05) is 26.2 Å². The molecule has 1 aromatic heterocycles. The van der Waals surface area contributed by atoms with E-state index in [2.05, 4.69) is 24.0 Å². The first-order valence-electron chi connectivity index (χ1n) is 11.0. The SMILES string of the molecule is Cc1ccc2nc(N(CCCN3CCOCC3)C(=O)Cc3ccc4c(c3)OCO4)sc2c1. The van der Waals surface area contributed by atoms with Crippen LogP contribution in [0.2, 0.25) is 0 Å². The molecule has 0 spiro atoms. The maximum Gasteiger partial charge on any atom is 0.233 e. The molecule has 8 heteroatoms. The number of amides is 1. The summed E-state index contributed by atoms with van der Waals surface area (Å²) in [5, 5.41) is 0.762. The second-order valence-electron chi connectivity index (χ2n) is 8.18. The lowest BCUT2D eigenvalue weighted by molar-refractivity contribution is -0.118. The third kappa shape index (κ3) is 4.72. The van der Waals surface area contributed by atoms with Gasteiger partial charge in [-0.2, -0.15) is 0 Å². The highest BCUT2D eigenvalue weighted by Crippen LogP contribution is 2.33. The zero-order chi connectivity index (χ0) is 21.9. The van der Waals surface area contributed by atoms with Gasteiger partial charge in [0.25, 0.3) is 0 Å². The van der Waals surface area contributed by atoms with Crippen LogP contribution in [0.15, 0.2) is 36.4 Å². The molecule has 2 aliphatic rings. The van der Waals surface area contributed by atoms with Crippen LogP contribution in [0.3, 0.4) is 0 Å². The van der Waals surface area contributed by atoms with Crippen LogP contribution in [0.4, 0.5) is 5.13 Å². The Bertz CT molecular complexity index is 1110. The smallest absolute Gasteiger partial charge is 0.233 e. The van der Waals surface area contributed by atoms with Crippen LogP contribution in [0.5, 0.6) is 11.5 Å². The molecule has 0 aliphatic carbocycles. The van der Waals surface area contributed by atoms with Crippen LogP contribution in [-0.4, -0.2) is 62.0 Å². The predicted octanol–water partition coefficient (Wildman–Crippen LogP) is 3.63. The highest BCUT2D eigenvalue weighted by atomic mass is 32.1. The van der Waals surface area contributed by atoms with E-state index < -0.39 is 0 Å². The zero-order valence-corrected chi connectivity index (χ0v) is 19.0. The second-order valence-corrected chi connectivity index (χ2v) is 9.19. The minimum Gasteiger partial charge on any atom is -0.454 e. The first kappa shape index (κ1) is 21.2. The minimum absolute atomic E-state index is 0.0432. The van der Waals surface area contributed by atoms with Gasteiger partial charge in [-0.05, 0) is 48.7 Å². The number of hydrogen-bond donors (Lipinski definition) is 0. The molecular weight excluding hydrogens is 426 g/mol. The van der Waals surface area contributed by atoms with E-state index in [4.69, 9.17) is 19.2 Å². The Hall–Kier alpha value is -2.68. The van der Waals surface area contributed by atoms with E-state index in [0.29, 0.717) is 18.7 Å². The number of thiazole rings is 1. The van der Waals surface area contributed by atoms with E-state index in [1.165, 1.54) is 5.56 Å². The van der Waals surface area contributed by atoms with Gasteiger partial charge in [0.05, 0.1) is 29.9 Å². The maximum absolute atomic E-state index is 13.4. The number of nitrogens with zero attached hydrogens (tertiary/aromatic N) is 3. The van der Waals surface area contributed by atoms with Gasteiger partial charge >= 0.3 is 0 Å². The summed E-state index contributed by atoms with van der Waals surface area (Å²) in [7, 11) is 0. The van der Waals surface area contributed by atoms with E-state index in [1.807, 2.05) is 29.2 Å². The van der Waals surface area contributed by atoms with Crippen LogP contribution in [0.25, 0.3) is 10.2 Å². The molecule has 7 nitrogen and oxygen atoms in total. The number of fused-ring (bicyclic) bond motifs is 2. The van der Waals surface area contributed by atoms with Crippen LogP contribution in [0, 0.1) is 6.92 Å². The van der Waals surface area contributed by atoms with Crippen LogP contribution in [-0.2, 0) is 16.0 Å². The Labute approximate surface area is 191 Å². The number of ether oxygens (including phenoxy) is 3. The summed E-state index contributed by atoms with van der Waals surface area (Å²) < 4.78 is 17.4. The number of morpholine rings is 1. The molecule has 1 saturated heterocycles. The largest absolute Gasteiger partial charge is 0.454 e. The first-order chi connectivity index (χ1) is 15.7. The van der Waals surface area contributed by atoms with Gasteiger partial charge in [-0.3, -0.25) is 14.6 Å². The molecule has 32 heavy (non-hydrogen) atoms. The van der Waals surface area contributed by atoms with E-state index in [9.17, 15) is 4.79 Å². The van der Waals surface area contributed by atoms with Crippen LogP contribution >= 0.6 is 11.3 Å².